The Kier molecular flexibility index (Phi) is 3.31. The fraction of sp³-hybridized carbons (Fsp3) is 0.235. The van der Waals surface area contributed by atoms with Gasteiger partial charge in [-0.3, -0.25) is 14.5 Å². The molecule has 0 saturated heterocycles. The highest BCUT2D eigenvalue weighted by Crippen LogP contribution is 2.23. The number of nitrogens with one attached hydrogen (secondary N) is 2. The number of aromatic nitrogens is 3. The highest BCUT2D eigenvalue weighted by molar-refractivity contribution is 6.08. The monoisotopic (exact) mass is 307 g/mol. The Morgan fingerprint density at radius 1 is 1.30 bits per heavy atom. The van der Waals surface area contributed by atoms with Gasteiger partial charge in [0.1, 0.15) is 0 Å². The van der Waals surface area contributed by atoms with E-state index in [0.29, 0.717) is 17.9 Å². The summed E-state index contributed by atoms with van der Waals surface area (Å²) in [6.45, 7) is 1.57. The molecule has 1 aliphatic heterocycles. The molecule has 0 aliphatic carbocycles. The van der Waals surface area contributed by atoms with E-state index in [1.807, 2.05) is 31.3 Å². The molecule has 0 spiro atoms. The third kappa shape index (κ3) is 2.37. The Balaban J connectivity index is 1.70. The second-order valence-corrected chi connectivity index (χ2v) is 5.65. The first kappa shape index (κ1) is 13.9. The highest BCUT2D eigenvalue weighted by atomic mass is 16.1. The van der Waals surface area contributed by atoms with Crippen molar-refractivity contribution in [1.29, 1.82) is 0 Å². The lowest BCUT2D eigenvalue weighted by Crippen LogP contribution is -2.28. The van der Waals surface area contributed by atoms with Gasteiger partial charge in [0.05, 0.1) is 5.52 Å². The summed E-state index contributed by atoms with van der Waals surface area (Å²) in [4.78, 5) is 17.1. The van der Waals surface area contributed by atoms with Crippen molar-refractivity contribution in [3.63, 3.8) is 0 Å². The van der Waals surface area contributed by atoms with Crippen LogP contribution in [0.4, 0.5) is 5.82 Å². The van der Waals surface area contributed by atoms with E-state index in [9.17, 15) is 4.79 Å². The lowest BCUT2D eigenvalue weighted by atomic mass is 10.0. The summed E-state index contributed by atoms with van der Waals surface area (Å²) in [5, 5.41) is 11.6. The molecule has 0 bridgehead atoms. The Morgan fingerprint density at radius 2 is 2.17 bits per heavy atom. The number of nitrogens with zero attached hydrogens (tertiary/aromatic N) is 3. The van der Waals surface area contributed by atoms with Gasteiger partial charge >= 0.3 is 0 Å². The van der Waals surface area contributed by atoms with Gasteiger partial charge in [-0.25, -0.2) is 0 Å². The molecular formula is C17H17N5O. The zero-order chi connectivity index (χ0) is 15.8. The van der Waals surface area contributed by atoms with E-state index in [2.05, 4.69) is 20.7 Å². The molecule has 1 aliphatic rings. The molecule has 0 atom stereocenters. The van der Waals surface area contributed by atoms with Crippen LogP contribution in [0.1, 0.15) is 21.6 Å². The smallest absolute Gasteiger partial charge is 0.257 e. The molecule has 116 valence electrons. The van der Waals surface area contributed by atoms with Crippen molar-refractivity contribution in [3.8, 4) is 0 Å². The molecule has 23 heavy (non-hydrogen) atoms. The molecule has 0 radical (unpaired) electrons. The number of carbonyl (C=O) groups excluding carboxylic acids is 1. The van der Waals surface area contributed by atoms with Gasteiger partial charge < -0.3 is 10.6 Å². The summed E-state index contributed by atoms with van der Waals surface area (Å²) in [6.07, 6.45) is 2.55. The third-order valence-corrected chi connectivity index (χ3v) is 4.22. The van der Waals surface area contributed by atoms with Crippen molar-refractivity contribution in [2.45, 2.75) is 13.0 Å². The second-order valence-electron chi connectivity index (χ2n) is 5.65. The quantitative estimate of drug-likeness (QED) is 0.758. The minimum Gasteiger partial charge on any atom is -0.312 e. The molecule has 1 amide bonds. The second kappa shape index (κ2) is 5.48. The first-order chi connectivity index (χ1) is 11.2. The van der Waals surface area contributed by atoms with Crippen LogP contribution in [-0.4, -0.2) is 27.2 Å². The van der Waals surface area contributed by atoms with Crippen LogP contribution < -0.4 is 10.6 Å². The predicted octanol–water partition coefficient (Wildman–Crippen LogP) is 1.87. The third-order valence-electron chi connectivity index (χ3n) is 4.22. The number of anilines is 1. The van der Waals surface area contributed by atoms with E-state index in [0.717, 1.165) is 35.1 Å². The molecule has 3 aromatic rings. The van der Waals surface area contributed by atoms with Crippen LogP contribution in [0.5, 0.6) is 0 Å². The lowest BCUT2D eigenvalue weighted by Gasteiger charge is -2.18. The van der Waals surface area contributed by atoms with Gasteiger partial charge in [-0.1, -0.05) is 12.1 Å². The molecule has 0 saturated carbocycles. The number of amides is 1. The Morgan fingerprint density at radius 3 is 3.09 bits per heavy atom. The van der Waals surface area contributed by atoms with Crippen molar-refractivity contribution in [3.05, 3.63) is 53.3 Å². The molecule has 6 heteroatoms. The number of pyridine rings is 1. The van der Waals surface area contributed by atoms with E-state index in [4.69, 9.17) is 0 Å². The van der Waals surface area contributed by atoms with Gasteiger partial charge in [-0.05, 0) is 18.2 Å². The summed E-state index contributed by atoms with van der Waals surface area (Å²) < 4.78 is 1.77. The van der Waals surface area contributed by atoms with E-state index in [-0.39, 0.29) is 5.91 Å². The molecule has 0 fully saturated rings. The Labute approximate surface area is 133 Å². The minimum atomic E-state index is -0.142. The van der Waals surface area contributed by atoms with Gasteiger partial charge in [0.2, 0.25) is 0 Å². The topological polar surface area (TPSA) is 71.8 Å². The number of hydrogen-bond donors (Lipinski definition) is 2. The zero-order valence-corrected chi connectivity index (χ0v) is 12.8. The largest absolute Gasteiger partial charge is 0.312 e. The van der Waals surface area contributed by atoms with Gasteiger partial charge in [0.25, 0.3) is 5.91 Å². The molecule has 2 aromatic heterocycles. The lowest BCUT2D eigenvalue weighted by molar-refractivity contribution is 0.102. The maximum absolute atomic E-state index is 12.7. The number of benzene rings is 1. The average molecular weight is 307 g/mol. The first-order valence-electron chi connectivity index (χ1n) is 7.64. The standard InChI is InChI=1S/C17H17N5O/c1-22-15-5-3-2-4-12(15)16(21-22)20-17(23)11-6-9-19-14-7-8-18-10-13(11)14/h2-6,9,18H,7-8,10H2,1H3,(H,20,21,23). The number of carbonyl (C=O) groups is 1. The van der Waals surface area contributed by atoms with E-state index >= 15 is 0 Å². The van der Waals surface area contributed by atoms with Crippen LogP contribution >= 0.6 is 0 Å². The molecule has 6 nitrogen and oxygen atoms in total. The van der Waals surface area contributed by atoms with Crippen LogP contribution in [0.3, 0.4) is 0 Å². The fourth-order valence-corrected chi connectivity index (χ4v) is 3.06. The first-order valence-corrected chi connectivity index (χ1v) is 7.64. The van der Waals surface area contributed by atoms with Crippen LogP contribution in [0.2, 0.25) is 0 Å². The summed E-state index contributed by atoms with van der Waals surface area (Å²) in [5.74, 6) is 0.443. The maximum Gasteiger partial charge on any atom is 0.257 e. The SMILES string of the molecule is Cn1nc(NC(=O)c2ccnc3c2CNCC3)c2ccccc21. The number of fused-ring (bicyclic) bond motifs is 2. The highest BCUT2D eigenvalue weighted by Gasteiger charge is 2.20. The van der Waals surface area contributed by atoms with Gasteiger partial charge in [0, 0.05) is 55.0 Å². The number of para-hydroxylation sites is 1. The number of rotatable bonds is 2. The zero-order valence-electron chi connectivity index (χ0n) is 12.8. The number of aryl methyl sites for hydroxylation is 1. The van der Waals surface area contributed by atoms with E-state index in [1.165, 1.54) is 0 Å². The fourth-order valence-electron chi connectivity index (χ4n) is 3.06. The van der Waals surface area contributed by atoms with Crippen molar-refractivity contribution < 1.29 is 4.79 Å². The van der Waals surface area contributed by atoms with Gasteiger partial charge in [0.15, 0.2) is 5.82 Å². The molecular weight excluding hydrogens is 290 g/mol. The average Bonchev–Trinajstić information content (AvgIpc) is 2.91. The van der Waals surface area contributed by atoms with Gasteiger partial charge in [-0.15, -0.1) is 0 Å². The molecule has 3 heterocycles. The predicted molar refractivity (Wildman–Crippen MR) is 88.3 cm³/mol. The van der Waals surface area contributed by atoms with Crippen molar-refractivity contribution in [1.82, 2.24) is 20.1 Å². The summed E-state index contributed by atoms with van der Waals surface area (Å²) >= 11 is 0. The van der Waals surface area contributed by atoms with Crippen molar-refractivity contribution in [2.24, 2.45) is 7.05 Å². The van der Waals surface area contributed by atoms with Crippen LogP contribution in [0.25, 0.3) is 10.9 Å². The van der Waals surface area contributed by atoms with Crippen LogP contribution in [-0.2, 0) is 20.0 Å². The normalized spacial score (nSPS) is 13.8. The van der Waals surface area contributed by atoms with E-state index < -0.39 is 0 Å². The van der Waals surface area contributed by atoms with Crippen molar-refractivity contribution >= 4 is 22.6 Å². The Hall–Kier alpha value is -2.73. The molecule has 2 N–H and O–H groups in total. The van der Waals surface area contributed by atoms with Crippen LogP contribution in [0, 0.1) is 0 Å². The van der Waals surface area contributed by atoms with Crippen LogP contribution in [0.15, 0.2) is 36.5 Å². The van der Waals surface area contributed by atoms with E-state index in [1.54, 1.807) is 16.9 Å². The molecule has 0 unspecified atom stereocenters. The summed E-state index contributed by atoms with van der Waals surface area (Å²) in [6, 6.07) is 9.61. The Bertz CT molecular complexity index is 899. The maximum atomic E-state index is 12.7. The molecule has 4 rings (SSSR count). The minimum absolute atomic E-state index is 0.142. The number of hydrogen-bond acceptors (Lipinski definition) is 4. The summed E-state index contributed by atoms with van der Waals surface area (Å²) in [7, 11) is 1.87. The molecule has 1 aromatic carbocycles. The summed E-state index contributed by atoms with van der Waals surface area (Å²) in [5.41, 5.74) is 3.64. The van der Waals surface area contributed by atoms with Gasteiger partial charge in [-0.2, -0.15) is 5.10 Å². The van der Waals surface area contributed by atoms with Crippen molar-refractivity contribution in [2.75, 3.05) is 11.9 Å².